The summed E-state index contributed by atoms with van der Waals surface area (Å²) in [5, 5.41) is 3.47. The molecule has 1 aromatic carbocycles. The van der Waals surface area contributed by atoms with Crippen molar-refractivity contribution in [3.8, 4) is 17.7 Å². The van der Waals surface area contributed by atoms with Gasteiger partial charge < -0.3 is 19.7 Å². The second-order valence-electron chi connectivity index (χ2n) is 11.6. The first kappa shape index (κ1) is 31.1. The van der Waals surface area contributed by atoms with Crippen LogP contribution in [-0.4, -0.2) is 89.1 Å². The Kier molecular flexibility index (Phi) is 10.4. The lowest BCUT2D eigenvalue weighted by molar-refractivity contribution is 0.0598. The number of hydrogen-bond donors (Lipinski definition) is 1. The van der Waals surface area contributed by atoms with Crippen molar-refractivity contribution in [3.05, 3.63) is 36.2 Å². The number of nitrogens with zero attached hydrogens (tertiary/aromatic N) is 6. The van der Waals surface area contributed by atoms with E-state index in [0.717, 1.165) is 32.2 Å². The molecule has 11 heteroatoms. The van der Waals surface area contributed by atoms with Crippen LogP contribution >= 0.6 is 0 Å². The van der Waals surface area contributed by atoms with Crippen molar-refractivity contribution in [1.82, 2.24) is 24.4 Å². The molecule has 1 saturated carbocycles. The fourth-order valence-corrected chi connectivity index (χ4v) is 6.33. The van der Waals surface area contributed by atoms with Gasteiger partial charge in [0.15, 0.2) is 5.82 Å². The van der Waals surface area contributed by atoms with Gasteiger partial charge in [-0.15, -0.1) is 5.92 Å². The first-order valence-electron chi connectivity index (χ1n) is 15.3. The summed E-state index contributed by atoms with van der Waals surface area (Å²) in [7, 11) is 1.74. The number of rotatable bonds is 11. The highest BCUT2D eigenvalue weighted by atomic mass is 19.3. The second-order valence-corrected chi connectivity index (χ2v) is 11.6. The van der Waals surface area contributed by atoms with Gasteiger partial charge in [-0.25, -0.2) is 13.8 Å². The van der Waals surface area contributed by atoms with E-state index in [0.29, 0.717) is 79.5 Å². The Balaban J connectivity index is 1.37. The summed E-state index contributed by atoms with van der Waals surface area (Å²) in [5.41, 5.74) is 1.09. The van der Waals surface area contributed by atoms with Crippen molar-refractivity contribution in [2.24, 2.45) is 5.92 Å². The number of halogens is 2. The normalized spacial score (nSPS) is 21.7. The molecular weight excluding hydrogens is 552 g/mol. The van der Waals surface area contributed by atoms with Crippen LogP contribution in [0, 0.1) is 17.8 Å². The van der Waals surface area contributed by atoms with Crippen LogP contribution in [0.1, 0.15) is 58.7 Å². The zero-order chi connectivity index (χ0) is 30.3. The van der Waals surface area contributed by atoms with E-state index in [4.69, 9.17) is 19.4 Å². The van der Waals surface area contributed by atoms with Crippen LogP contribution in [0.15, 0.2) is 30.3 Å². The van der Waals surface area contributed by atoms with Crippen LogP contribution in [0.2, 0.25) is 0 Å². The molecule has 0 amide bonds. The second kappa shape index (κ2) is 14.4. The molecule has 3 heterocycles. The maximum atomic E-state index is 14.2. The number of nitrogens with one attached hydrogen (secondary N) is 1. The van der Waals surface area contributed by atoms with E-state index in [2.05, 4.69) is 45.8 Å². The largest absolute Gasteiger partial charge is 0.383 e. The van der Waals surface area contributed by atoms with Crippen LogP contribution in [0.3, 0.4) is 0 Å². The Morgan fingerprint density at radius 2 is 1.91 bits per heavy atom. The molecule has 2 fully saturated rings. The van der Waals surface area contributed by atoms with E-state index < -0.39 is 6.43 Å². The highest BCUT2D eigenvalue weighted by molar-refractivity contribution is 5.78. The molecule has 9 nitrogen and oxygen atoms in total. The summed E-state index contributed by atoms with van der Waals surface area (Å²) in [6.45, 7) is 10.1. The predicted octanol–water partition coefficient (Wildman–Crippen LogP) is 5.31. The molecule has 1 unspecified atom stereocenters. The smallest absolute Gasteiger partial charge is 0.296 e. The molecule has 232 valence electrons. The molecular formula is C32H43F2N7O2. The molecule has 1 aliphatic carbocycles. The lowest BCUT2D eigenvalue weighted by Gasteiger charge is -2.39. The van der Waals surface area contributed by atoms with E-state index in [-0.39, 0.29) is 11.9 Å². The molecule has 2 atom stereocenters. The van der Waals surface area contributed by atoms with Gasteiger partial charge in [0.2, 0.25) is 5.95 Å². The number of aromatic nitrogens is 4. The van der Waals surface area contributed by atoms with E-state index in [1.54, 1.807) is 31.4 Å². The fourth-order valence-electron chi connectivity index (χ4n) is 6.33. The molecule has 43 heavy (non-hydrogen) atoms. The Morgan fingerprint density at radius 3 is 2.63 bits per heavy atom. The molecule has 1 N–H and O–H groups in total. The molecule has 5 rings (SSSR count). The van der Waals surface area contributed by atoms with Crippen molar-refractivity contribution in [1.29, 1.82) is 0 Å². The summed E-state index contributed by atoms with van der Waals surface area (Å²) in [4.78, 5) is 18.5. The molecule has 2 aliphatic rings. The number of alkyl halides is 2. The topological polar surface area (TPSA) is 80.6 Å². The number of ether oxygens (including phenoxy) is 2. The van der Waals surface area contributed by atoms with Crippen molar-refractivity contribution < 1.29 is 18.3 Å². The number of hydrogen-bond acceptors (Lipinski definition) is 8. The van der Waals surface area contributed by atoms with Gasteiger partial charge in [-0.05, 0) is 64.5 Å². The molecule has 0 bridgehead atoms. The van der Waals surface area contributed by atoms with Crippen LogP contribution in [0.25, 0.3) is 16.9 Å². The zero-order valence-electron chi connectivity index (χ0n) is 25.6. The minimum Gasteiger partial charge on any atom is -0.383 e. The Labute approximate surface area is 253 Å². The number of methoxy groups -OCH3 is 1. The third kappa shape index (κ3) is 7.25. The minimum atomic E-state index is -2.76. The number of anilines is 2. The predicted molar refractivity (Wildman–Crippen MR) is 165 cm³/mol. The number of imidazole rings is 1. The maximum absolute atomic E-state index is 14.2. The van der Waals surface area contributed by atoms with Crippen molar-refractivity contribution in [2.45, 2.75) is 71.0 Å². The van der Waals surface area contributed by atoms with Gasteiger partial charge in [0.05, 0.1) is 43.4 Å². The molecule has 1 aliphatic heterocycles. The van der Waals surface area contributed by atoms with Gasteiger partial charge in [-0.3, -0.25) is 9.47 Å². The van der Waals surface area contributed by atoms with E-state index in [1.807, 2.05) is 13.0 Å². The van der Waals surface area contributed by atoms with Gasteiger partial charge in [-0.1, -0.05) is 18.1 Å². The van der Waals surface area contributed by atoms with E-state index in [1.165, 1.54) is 4.57 Å². The number of fused-ring (bicyclic) bond motifs is 1. The molecule has 1 saturated heterocycles. The molecule has 0 spiro atoms. The van der Waals surface area contributed by atoms with Crippen LogP contribution in [0.4, 0.5) is 20.5 Å². The van der Waals surface area contributed by atoms with Gasteiger partial charge in [-0.2, -0.15) is 9.97 Å². The number of para-hydroxylation sites is 2. The Hall–Kier alpha value is -3.33. The average molecular weight is 596 g/mol. The zero-order valence-corrected chi connectivity index (χ0v) is 25.6. The average Bonchev–Trinajstić information content (AvgIpc) is 3.41. The van der Waals surface area contributed by atoms with Crippen molar-refractivity contribution in [2.75, 3.05) is 56.8 Å². The third-order valence-electron chi connectivity index (χ3n) is 8.62. The summed E-state index contributed by atoms with van der Waals surface area (Å²) >= 11 is 0. The highest BCUT2D eigenvalue weighted by Crippen LogP contribution is 2.31. The monoisotopic (exact) mass is 595 g/mol. The lowest BCUT2D eigenvalue weighted by Crippen LogP contribution is -2.46. The maximum Gasteiger partial charge on any atom is 0.296 e. The van der Waals surface area contributed by atoms with E-state index >= 15 is 0 Å². The standard InChI is InChI=1S/C32H43F2N7O2/c1-5-6-15-39(22(2)20-42-4)25-13-11-24(12-14-25)19-35-32-37-28(40-16-17-43-21-23(40)3)18-29(38-32)41-27-10-8-7-9-26(27)36-31(41)30(33)34/h7-10,18,22-25,30H,11-17,19-21H2,1-4H3,(H,35,37,38)/t22?,23-,24-,25-/m0/s1. The number of morpholine rings is 1. The van der Waals surface area contributed by atoms with Gasteiger partial charge in [0.25, 0.3) is 6.43 Å². The van der Waals surface area contributed by atoms with E-state index in [9.17, 15) is 8.78 Å². The van der Waals surface area contributed by atoms with Crippen LogP contribution < -0.4 is 10.2 Å². The first-order valence-corrected chi connectivity index (χ1v) is 15.3. The Morgan fingerprint density at radius 1 is 1.14 bits per heavy atom. The quantitative estimate of drug-likeness (QED) is 0.299. The van der Waals surface area contributed by atoms with Gasteiger partial charge in [0.1, 0.15) is 11.6 Å². The van der Waals surface area contributed by atoms with Gasteiger partial charge in [0, 0.05) is 38.3 Å². The van der Waals surface area contributed by atoms with Crippen molar-refractivity contribution >= 4 is 22.8 Å². The SMILES string of the molecule is CC#CCN(C(C)COC)[C@H]1CC[C@H](CNc2nc(N3CCOC[C@@H]3C)cc(-n3c(C(F)F)nc4ccccc43)n2)CC1. The fraction of sp³-hybridized carbons (Fsp3) is 0.594. The summed E-state index contributed by atoms with van der Waals surface area (Å²) in [6, 6.07) is 9.81. The Bertz CT molecular complexity index is 1410. The summed E-state index contributed by atoms with van der Waals surface area (Å²) in [6.07, 6.45) is 1.56. The first-order chi connectivity index (χ1) is 20.9. The molecule has 3 aromatic rings. The summed E-state index contributed by atoms with van der Waals surface area (Å²) in [5.74, 6) is 7.89. The van der Waals surface area contributed by atoms with Gasteiger partial charge >= 0.3 is 0 Å². The summed E-state index contributed by atoms with van der Waals surface area (Å²) < 4.78 is 41.0. The lowest BCUT2D eigenvalue weighted by atomic mass is 9.84. The number of benzene rings is 1. The molecule has 0 radical (unpaired) electrons. The molecule has 2 aromatic heterocycles. The third-order valence-corrected chi connectivity index (χ3v) is 8.62. The van der Waals surface area contributed by atoms with Crippen LogP contribution in [0.5, 0.6) is 0 Å². The van der Waals surface area contributed by atoms with Crippen LogP contribution in [-0.2, 0) is 9.47 Å². The van der Waals surface area contributed by atoms with Crippen molar-refractivity contribution in [3.63, 3.8) is 0 Å². The minimum absolute atomic E-state index is 0.0922. The highest BCUT2D eigenvalue weighted by Gasteiger charge is 2.29.